The third kappa shape index (κ3) is 2.06. The van der Waals surface area contributed by atoms with Gasteiger partial charge in [-0.15, -0.1) is 10.2 Å². The standard InChI is InChI=1S/C13H15N5O2S/c19-21(20,12-2-1-10-6-14-7-11(10)5-12)18-4-3-17-9-15-16-13(17)8-18/h1-2,5,9,14H,3-4,6-8H2. The Kier molecular flexibility index (Phi) is 2.84. The normalized spacial score (nSPS) is 18.5. The monoisotopic (exact) mass is 305 g/mol. The second-order valence-electron chi connectivity index (χ2n) is 5.31. The SMILES string of the molecule is O=S(=O)(c1ccc2c(c1)CNC2)N1CCn2cnnc2C1. The molecule has 0 atom stereocenters. The van der Waals surface area contributed by atoms with E-state index >= 15 is 0 Å². The minimum Gasteiger partial charge on any atom is -0.315 e. The molecule has 0 spiro atoms. The molecule has 0 saturated carbocycles. The Morgan fingerprint density at radius 2 is 2.00 bits per heavy atom. The topological polar surface area (TPSA) is 80.1 Å². The molecule has 1 N–H and O–H groups in total. The average Bonchev–Trinajstić information content (AvgIpc) is 3.14. The van der Waals surface area contributed by atoms with Gasteiger partial charge in [-0.1, -0.05) is 6.07 Å². The first-order chi connectivity index (χ1) is 10.1. The van der Waals surface area contributed by atoms with Crippen LogP contribution in [0.1, 0.15) is 17.0 Å². The van der Waals surface area contributed by atoms with E-state index in [1.54, 1.807) is 18.5 Å². The molecule has 21 heavy (non-hydrogen) atoms. The summed E-state index contributed by atoms with van der Waals surface area (Å²) in [6.45, 7) is 2.85. The highest BCUT2D eigenvalue weighted by molar-refractivity contribution is 7.89. The number of hydrogen-bond donors (Lipinski definition) is 1. The number of nitrogens with one attached hydrogen (secondary N) is 1. The second-order valence-corrected chi connectivity index (χ2v) is 7.25. The summed E-state index contributed by atoms with van der Waals surface area (Å²) in [5.74, 6) is 0.688. The van der Waals surface area contributed by atoms with E-state index in [-0.39, 0.29) is 6.54 Å². The van der Waals surface area contributed by atoms with E-state index in [2.05, 4.69) is 15.5 Å². The highest BCUT2D eigenvalue weighted by Crippen LogP contribution is 2.24. The van der Waals surface area contributed by atoms with Crippen LogP contribution in [0, 0.1) is 0 Å². The van der Waals surface area contributed by atoms with Gasteiger partial charge in [0.2, 0.25) is 10.0 Å². The molecule has 0 bridgehead atoms. The van der Waals surface area contributed by atoms with Gasteiger partial charge < -0.3 is 9.88 Å². The summed E-state index contributed by atoms with van der Waals surface area (Å²) < 4.78 is 28.9. The van der Waals surface area contributed by atoms with Gasteiger partial charge >= 0.3 is 0 Å². The number of rotatable bonds is 2. The van der Waals surface area contributed by atoms with Crippen LogP contribution in [-0.4, -0.2) is 34.0 Å². The molecule has 0 amide bonds. The Bertz CT molecular complexity index is 799. The molecule has 0 aliphatic carbocycles. The number of nitrogens with zero attached hydrogens (tertiary/aromatic N) is 4. The van der Waals surface area contributed by atoms with Crippen LogP contribution in [0.25, 0.3) is 0 Å². The van der Waals surface area contributed by atoms with E-state index in [1.165, 1.54) is 9.87 Å². The highest BCUT2D eigenvalue weighted by atomic mass is 32.2. The van der Waals surface area contributed by atoms with Gasteiger partial charge in [-0.2, -0.15) is 4.31 Å². The van der Waals surface area contributed by atoms with Crippen molar-refractivity contribution < 1.29 is 8.42 Å². The zero-order chi connectivity index (χ0) is 14.4. The van der Waals surface area contributed by atoms with Crippen molar-refractivity contribution in [2.45, 2.75) is 31.1 Å². The van der Waals surface area contributed by atoms with Crippen LogP contribution in [0.2, 0.25) is 0 Å². The maximum atomic E-state index is 12.8. The average molecular weight is 305 g/mol. The molecule has 2 aliphatic heterocycles. The van der Waals surface area contributed by atoms with E-state index < -0.39 is 10.0 Å². The summed E-state index contributed by atoms with van der Waals surface area (Å²) in [6, 6.07) is 5.37. The Morgan fingerprint density at radius 1 is 1.14 bits per heavy atom. The Balaban J connectivity index is 1.68. The fourth-order valence-corrected chi connectivity index (χ4v) is 4.27. The van der Waals surface area contributed by atoms with Crippen LogP contribution in [-0.2, 0) is 36.2 Å². The number of aromatic nitrogens is 3. The van der Waals surface area contributed by atoms with E-state index in [9.17, 15) is 8.42 Å². The molecular formula is C13H15N5O2S. The molecule has 0 radical (unpaired) electrons. The maximum Gasteiger partial charge on any atom is 0.243 e. The summed E-state index contributed by atoms with van der Waals surface area (Å²) in [6.07, 6.45) is 1.64. The maximum absolute atomic E-state index is 12.8. The number of benzene rings is 1. The van der Waals surface area contributed by atoms with E-state index in [1.807, 2.05) is 10.6 Å². The van der Waals surface area contributed by atoms with Gasteiger partial charge in [0.05, 0.1) is 11.4 Å². The van der Waals surface area contributed by atoms with Crippen molar-refractivity contribution in [2.24, 2.45) is 0 Å². The van der Waals surface area contributed by atoms with Crippen LogP contribution < -0.4 is 5.32 Å². The van der Waals surface area contributed by atoms with Crippen LogP contribution in [0.3, 0.4) is 0 Å². The molecule has 2 aliphatic rings. The summed E-state index contributed by atoms with van der Waals surface area (Å²) in [5, 5.41) is 11.0. The zero-order valence-electron chi connectivity index (χ0n) is 11.4. The van der Waals surface area contributed by atoms with Gasteiger partial charge in [0, 0.05) is 26.2 Å². The van der Waals surface area contributed by atoms with Crippen LogP contribution in [0.15, 0.2) is 29.4 Å². The predicted molar refractivity (Wildman–Crippen MR) is 74.6 cm³/mol. The van der Waals surface area contributed by atoms with Gasteiger partial charge in [-0.3, -0.25) is 0 Å². The van der Waals surface area contributed by atoms with E-state index in [0.717, 1.165) is 18.7 Å². The molecule has 8 heteroatoms. The molecule has 1 aromatic heterocycles. The van der Waals surface area contributed by atoms with Crippen LogP contribution >= 0.6 is 0 Å². The van der Waals surface area contributed by atoms with Crippen molar-refractivity contribution in [1.29, 1.82) is 0 Å². The Morgan fingerprint density at radius 3 is 2.90 bits per heavy atom. The summed E-state index contributed by atoms with van der Waals surface area (Å²) in [7, 11) is -3.48. The lowest BCUT2D eigenvalue weighted by molar-refractivity contribution is 0.335. The predicted octanol–water partition coefficient (Wildman–Crippen LogP) is 0.0858. The molecular weight excluding hydrogens is 290 g/mol. The number of sulfonamides is 1. The number of fused-ring (bicyclic) bond motifs is 2. The largest absolute Gasteiger partial charge is 0.315 e. The minimum absolute atomic E-state index is 0.275. The summed E-state index contributed by atoms with van der Waals surface area (Å²) in [4.78, 5) is 0.359. The smallest absolute Gasteiger partial charge is 0.243 e. The van der Waals surface area contributed by atoms with Crippen molar-refractivity contribution in [2.75, 3.05) is 6.54 Å². The third-order valence-corrected chi connectivity index (χ3v) is 5.89. The Labute approximate surface area is 122 Å². The molecule has 1 aromatic carbocycles. The lowest BCUT2D eigenvalue weighted by atomic mass is 10.1. The van der Waals surface area contributed by atoms with E-state index in [0.29, 0.717) is 23.8 Å². The number of hydrogen-bond acceptors (Lipinski definition) is 5. The molecule has 2 aromatic rings. The first-order valence-corrected chi connectivity index (χ1v) is 8.28. The van der Waals surface area contributed by atoms with Crippen molar-refractivity contribution >= 4 is 10.0 Å². The molecule has 0 saturated heterocycles. The van der Waals surface area contributed by atoms with E-state index in [4.69, 9.17) is 0 Å². The quantitative estimate of drug-likeness (QED) is 0.850. The first-order valence-electron chi connectivity index (χ1n) is 6.84. The summed E-state index contributed by atoms with van der Waals surface area (Å²) >= 11 is 0. The van der Waals surface area contributed by atoms with Gasteiger partial charge in [-0.05, 0) is 23.3 Å². The fraction of sp³-hybridized carbons (Fsp3) is 0.385. The lowest BCUT2D eigenvalue weighted by Crippen LogP contribution is -2.38. The van der Waals surface area contributed by atoms with Crippen molar-refractivity contribution in [3.05, 3.63) is 41.5 Å². The lowest BCUT2D eigenvalue weighted by Gasteiger charge is -2.26. The summed E-state index contributed by atoms with van der Waals surface area (Å²) in [5.41, 5.74) is 2.24. The van der Waals surface area contributed by atoms with Gasteiger partial charge in [-0.25, -0.2) is 8.42 Å². The molecule has 7 nitrogen and oxygen atoms in total. The second kappa shape index (κ2) is 4.62. The molecule has 3 heterocycles. The molecule has 0 unspecified atom stereocenters. The fourth-order valence-electron chi connectivity index (χ4n) is 2.83. The first kappa shape index (κ1) is 12.9. The molecule has 110 valence electrons. The molecule has 4 rings (SSSR count). The Hall–Kier alpha value is -1.77. The van der Waals surface area contributed by atoms with Crippen LogP contribution in [0.4, 0.5) is 0 Å². The minimum atomic E-state index is -3.48. The van der Waals surface area contributed by atoms with Crippen molar-refractivity contribution in [1.82, 2.24) is 24.4 Å². The van der Waals surface area contributed by atoms with Crippen molar-refractivity contribution in [3.63, 3.8) is 0 Å². The molecule has 0 fully saturated rings. The van der Waals surface area contributed by atoms with Gasteiger partial charge in [0.25, 0.3) is 0 Å². The van der Waals surface area contributed by atoms with Crippen LogP contribution in [0.5, 0.6) is 0 Å². The van der Waals surface area contributed by atoms with Gasteiger partial charge in [0.15, 0.2) is 0 Å². The zero-order valence-corrected chi connectivity index (χ0v) is 12.2. The third-order valence-electron chi connectivity index (χ3n) is 4.05. The van der Waals surface area contributed by atoms with Crippen molar-refractivity contribution in [3.8, 4) is 0 Å². The van der Waals surface area contributed by atoms with Gasteiger partial charge in [0.1, 0.15) is 12.2 Å². The highest BCUT2D eigenvalue weighted by Gasteiger charge is 2.30.